The van der Waals surface area contributed by atoms with Gasteiger partial charge in [-0.2, -0.15) is 18.4 Å². The molecule has 0 bridgehead atoms. The lowest BCUT2D eigenvalue weighted by Crippen LogP contribution is -2.19. The van der Waals surface area contributed by atoms with Gasteiger partial charge >= 0.3 is 6.18 Å². The number of anilines is 1. The fraction of sp³-hybridized carbons (Fsp3) is 0.0769. The van der Waals surface area contributed by atoms with Crippen LogP contribution in [0.3, 0.4) is 0 Å². The number of benzene rings is 1. The summed E-state index contributed by atoms with van der Waals surface area (Å²) in [6, 6.07) is 3.98. The molecule has 0 aliphatic heterocycles. The molecule has 11 heteroatoms. The van der Waals surface area contributed by atoms with Crippen molar-refractivity contribution in [3.63, 3.8) is 0 Å². The topological polar surface area (TPSA) is 82.9 Å². The van der Waals surface area contributed by atoms with E-state index in [-0.39, 0.29) is 21.9 Å². The van der Waals surface area contributed by atoms with E-state index < -0.39 is 32.5 Å². The smallest absolute Gasteiger partial charge is 0.263 e. The van der Waals surface area contributed by atoms with Crippen molar-refractivity contribution >= 4 is 31.8 Å². The maximum atomic E-state index is 13.1. The summed E-state index contributed by atoms with van der Waals surface area (Å²) in [5, 5.41) is 8.86. The van der Waals surface area contributed by atoms with Crippen LogP contribution in [0.2, 0.25) is 0 Å². The van der Waals surface area contributed by atoms with Crippen LogP contribution >= 0.6 is 15.9 Å². The summed E-state index contributed by atoms with van der Waals surface area (Å²) in [5.41, 5.74) is -1.62. The summed E-state index contributed by atoms with van der Waals surface area (Å²) in [7, 11) is -4.71. The third kappa shape index (κ3) is 3.82. The van der Waals surface area contributed by atoms with Crippen LogP contribution in [-0.2, 0) is 16.2 Å². The first-order valence-corrected chi connectivity index (χ1v) is 8.27. The van der Waals surface area contributed by atoms with Gasteiger partial charge in [0.25, 0.3) is 10.0 Å². The fourth-order valence-electron chi connectivity index (χ4n) is 1.73. The molecule has 0 aliphatic rings. The van der Waals surface area contributed by atoms with Crippen LogP contribution in [0, 0.1) is 17.1 Å². The number of nitrogens with zero attached hydrogens (tertiary/aromatic N) is 2. The quantitative estimate of drug-likeness (QED) is 0.763. The van der Waals surface area contributed by atoms with Crippen molar-refractivity contribution in [3.8, 4) is 6.07 Å². The van der Waals surface area contributed by atoms with Gasteiger partial charge in [0.2, 0.25) is 0 Å². The lowest BCUT2D eigenvalue weighted by molar-refractivity contribution is -0.140. The van der Waals surface area contributed by atoms with Gasteiger partial charge in [-0.15, -0.1) is 0 Å². The van der Waals surface area contributed by atoms with Crippen LogP contribution in [0.5, 0.6) is 0 Å². The Morgan fingerprint density at radius 1 is 1.25 bits per heavy atom. The Kier molecular flexibility index (Phi) is 4.82. The number of rotatable bonds is 3. The van der Waals surface area contributed by atoms with Gasteiger partial charge in [0.15, 0.2) is 0 Å². The molecule has 5 nitrogen and oxygen atoms in total. The summed E-state index contributed by atoms with van der Waals surface area (Å²) in [4.78, 5) is 2.51. The average Bonchev–Trinajstić information content (AvgIpc) is 2.47. The van der Waals surface area contributed by atoms with Crippen LogP contribution in [0.1, 0.15) is 11.1 Å². The summed E-state index contributed by atoms with van der Waals surface area (Å²) < 4.78 is 78.4. The van der Waals surface area contributed by atoms with Gasteiger partial charge in [-0.25, -0.2) is 17.8 Å². The van der Waals surface area contributed by atoms with Gasteiger partial charge in [0.1, 0.15) is 17.7 Å². The zero-order chi connectivity index (χ0) is 18.1. The third-order valence-electron chi connectivity index (χ3n) is 2.75. The van der Waals surface area contributed by atoms with E-state index in [1.807, 2.05) is 4.72 Å². The molecule has 1 aromatic heterocycles. The van der Waals surface area contributed by atoms with Gasteiger partial charge in [0, 0.05) is 12.3 Å². The first-order chi connectivity index (χ1) is 11.0. The number of sulfonamides is 1. The van der Waals surface area contributed by atoms with E-state index in [1.54, 1.807) is 6.07 Å². The molecule has 0 unspecified atom stereocenters. The maximum absolute atomic E-state index is 13.1. The number of alkyl halides is 3. The van der Waals surface area contributed by atoms with Crippen LogP contribution in [0.25, 0.3) is 0 Å². The average molecular weight is 424 g/mol. The molecule has 2 aromatic rings. The number of aromatic nitrogens is 1. The molecule has 0 spiro atoms. The summed E-state index contributed by atoms with van der Waals surface area (Å²) in [6.07, 6.45) is -3.96. The second kappa shape index (κ2) is 6.37. The maximum Gasteiger partial charge on any atom is 0.417 e. The fourth-order valence-corrected chi connectivity index (χ4v) is 3.24. The van der Waals surface area contributed by atoms with Gasteiger partial charge < -0.3 is 0 Å². The van der Waals surface area contributed by atoms with E-state index in [2.05, 4.69) is 20.9 Å². The minimum absolute atomic E-state index is 0.0258. The second-order valence-electron chi connectivity index (χ2n) is 4.40. The molecular weight excluding hydrogens is 418 g/mol. The van der Waals surface area contributed by atoms with Gasteiger partial charge in [-0.05, 0) is 34.1 Å². The number of hydrogen-bond donors (Lipinski definition) is 1. The van der Waals surface area contributed by atoms with Crippen molar-refractivity contribution in [3.05, 3.63) is 51.9 Å². The van der Waals surface area contributed by atoms with E-state index >= 15 is 0 Å². The van der Waals surface area contributed by atoms with Crippen molar-refractivity contribution in [1.29, 1.82) is 5.26 Å². The number of pyridine rings is 1. The molecule has 1 heterocycles. The molecule has 0 fully saturated rings. The summed E-state index contributed by atoms with van der Waals surface area (Å²) >= 11 is 3.01. The molecule has 2 rings (SSSR count). The lowest BCUT2D eigenvalue weighted by atomic mass is 10.2. The van der Waals surface area contributed by atoms with E-state index in [4.69, 9.17) is 5.26 Å². The van der Waals surface area contributed by atoms with Crippen molar-refractivity contribution in [2.45, 2.75) is 11.1 Å². The largest absolute Gasteiger partial charge is 0.417 e. The SMILES string of the molecule is N#Cc1cc(NS(=O)(=O)c2ccc(F)cc2C(F)(F)F)ncc1Br. The second-order valence-corrected chi connectivity index (χ2v) is 6.91. The number of hydrogen-bond acceptors (Lipinski definition) is 4. The first-order valence-electron chi connectivity index (χ1n) is 6.00. The monoisotopic (exact) mass is 423 g/mol. The Bertz CT molecular complexity index is 939. The van der Waals surface area contributed by atoms with Crippen molar-refractivity contribution in [2.24, 2.45) is 0 Å². The molecule has 0 amide bonds. The molecule has 1 aromatic carbocycles. The van der Waals surface area contributed by atoms with E-state index in [1.165, 1.54) is 0 Å². The number of nitrogens with one attached hydrogen (secondary N) is 1. The Morgan fingerprint density at radius 2 is 1.92 bits per heavy atom. The number of nitriles is 1. The summed E-state index contributed by atoms with van der Waals surface area (Å²) in [5.74, 6) is -1.58. The zero-order valence-corrected chi connectivity index (χ0v) is 13.8. The standard InChI is InChI=1S/C13H6BrF4N3O2S/c14-10-6-20-12(3-7(10)5-19)21-24(22,23)11-2-1-8(15)4-9(11)13(16,17)18/h1-4,6H,(H,20,21). The van der Waals surface area contributed by atoms with Crippen LogP contribution < -0.4 is 4.72 Å². The van der Waals surface area contributed by atoms with E-state index in [0.29, 0.717) is 12.1 Å². The van der Waals surface area contributed by atoms with E-state index in [0.717, 1.165) is 12.3 Å². The van der Waals surface area contributed by atoms with E-state index in [9.17, 15) is 26.0 Å². The Hall–Kier alpha value is -2.19. The van der Waals surface area contributed by atoms with Gasteiger partial charge in [0.05, 0.1) is 20.5 Å². The van der Waals surface area contributed by atoms with Gasteiger partial charge in [-0.3, -0.25) is 4.72 Å². The lowest BCUT2D eigenvalue weighted by Gasteiger charge is -2.14. The zero-order valence-electron chi connectivity index (χ0n) is 11.4. The third-order valence-corrected chi connectivity index (χ3v) is 4.80. The van der Waals surface area contributed by atoms with Crippen molar-refractivity contribution < 1.29 is 26.0 Å². The van der Waals surface area contributed by atoms with Crippen molar-refractivity contribution in [1.82, 2.24) is 4.98 Å². The molecule has 24 heavy (non-hydrogen) atoms. The minimum Gasteiger partial charge on any atom is -0.263 e. The molecular formula is C13H6BrF4N3O2S. The normalized spacial score (nSPS) is 11.8. The number of halogens is 5. The minimum atomic E-state index is -5.07. The Morgan fingerprint density at radius 3 is 2.50 bits per heavy atom. The molecule has 0 radical (unpaired) electrons. The molecule has 0 saturated carbocycles. The molecule has 126 valence electrons. The summed E-state index contributed by atoms with van der Waals surface area (Å²) in [6.45, 7) is 0. The Balaban J connectivity index is 2.51. The molecule has 0 saturated heterocycles. The van der Waals surface area contributed by atoms with Crippen molar-refractivity contribution in [2.75, 3.05) is 4.72 Å². The molecule has 1 N–H and O–H groups in total. The highest BCUT2D eigenvalue weighted by molar-refractivity contribution is 9.10. The van der Waals surface area contributed by atoms with Crippen LogP contribution in [0.15, 0.2) is 39.8 Å². The highest BCUT2D eigenvalue weighted by Crippen LogP contribution is 2.35. The molecule has 0 aliphatic carbocycles. The van der Waals surface area contributed by atoms with Crippen LogP contribution in [-0.4, -0.2) is 13.4 Å². The highest BCUT2D eigenvalue weighted by Gasteiger charge is 2.37. The first kappa shape index (κ1) is 18.2. The predicted octanol–water partition coefficient (Wildman–Crippen LogP) is 3.67. The predicted molar refractivity (Wildman–Crippen MR) is 78.9 cm³/mol. The van der Waals surface area contributed by atoms with Gasteiger partial charge in [-0.1, -0.05) is 0 Å². The Labute approximate surface area is 142 Å². The molecule has 0 atom stereocenters. The highest BCUT2D eigenvalue weighted by atomic mass is 79.9. The van der Waals surface area contributed by atoms with Crippen LogP contribution in [0.4, 0.5) is 23.4 Å².